The van der Waals surface area contributed by atoms with Gasteiger partial charge in [-0.15, -0.1) is 0 Å². The van der Waals surface area contributed by atoms with Gasteiger partial charge in [0.25, 0.3) is 0 Å². The van der Waals surface area contributed by atoms with E-state index in [0.29, 0.717) is 6.54 Å². The van der Waals surface area contributed by atoms with Crippen LogP contribution in [0.15, 0.2) is 29.7 Å². The zero-order valence-corrected chi connectivity index (χ0v) is 14.8. The van der Waals surface area contributed by atoms with Crippen LogP contribution in [0.5, 0.6) is 0 Å². The standard InChI is InChI=1S/C18H25F3N2O2/c1-4-15(17(11-22)7-8-17)12(2)25-13(3)24-10-14-6-5-9-23-16(14)18(19,20)21/h5-6,9,13H,4,7-8,10-11,22H2,1-3H3/b15-12+. The lowest BCUT2D eigenvalue weighted by molar-refractivity contribution is -0.145. The number of alkyl halides is 3. The molecule has 1 aliphatic carbocycles. The fourth-order valence-corrected chi connectivity index (χ4v) is 3.15. The molecule has 0 saturated heterocycles. The van der Waals surface area contributed by atoms with Crippen molar-refractivity contribution < 1.29 is 22.6 Å². The second-order valence-corrected chi connectivity index (χ2v) is 6.38. The van der Waals surface area contributed by atoms with Gasteiger partial charge in [-0.1, -0.05) is 13.0 Å². The fraction of sp³-hybridized carbons (Fsp3) is 0.611. The Morgan fingerprint density at radius 3 is 2.60 bits per heavy atom. The summed E-state index contributed by atoms with van der Waals surface area (Å²) in [5, 5.41) is 0. The van der Waals surface area contributed by atoms with E-state index in [-0.39, 0.29) is 17.6 Å². The zero-order valence-electron chi connectivity index (χ0n) is 14.8. The molecular weight excluding hydrogens is 333 g/mol. The van der Waals surface area contributed by atoms with E-state index < -0.39 is 18.2 Å². The molecule has 1 aromatic rings. The average Bonchev–Trinajstić information content (AvgIpc) is 3.34. The van der Waals surface area contributed by atoms with Gasteiger partial charge in [0.2, 0.25) is 0 Å². The number of ether oxygens (including phenoxy) is 2. The molecule has 0 amide bonds. The molecule has 4 nitrogen and oxygen atoms in total. The van der Waals surface area contributed by atoms with Gasteiger partial charge in [-0.05, 0) is 44.7 Å². The Bertz CT molecular complexity index is 625. The molecule has 2 rings (SSSR count). The van der Waals surface area contributed by atoms with E-state index in [1.165, 1.54) is 17.7 Å². The molecule has 1 aliphatic rings. The number of halogens is 3. The van der Waals surface area contributed by atoms with Crippen LogP contribution in [0.3, 0.4) is 0 Å². The topological polar surface area (TPSA) is 57.4 Å². The summed E-state index contributed by atoms with van der Waals surface area (Å²) in [5.74, 6) is 0.750. The van der Waals surface area contributed by atoms with E-state index in [2.05, 4.69) is 11.9 Å². The first-order valence-electron chi connectivity index (χ1n) is 8.43. The molecule has 1 aromatic heterocycles. The molecule has 1 saturated carbocycles. The Kier molecular flexibility index (Phi) is 6.11. The minimum Gasteiger partial charge on any atom is -0.470 e. The Labute approximate surface area is 146 Å². The van der Waals surface area contributed by atoms with Crippen LogP contribution in [0.4, 0.5) is 13.2 Å². The molecule has 0 spiro atoms. The van der Waals surface area contributed by atoms with E-state index >= 15 is 0 Å². The molecule has 1 heterocycles. The minimum atomic E-state index is -4.51. The van der Waals surface area contributed by atoms with Gasteiger partial charge >= 0.3 is 6.18 Å². The smallest absolute Gasteiger partial charge is 0.433 e. The fourth-order valence-electron chi connectivity index (χ4n) is 3.15. The van der Waals surface area contributed by atoms with Crippen molar-refractivity contribution in [1.82, 2.24) is 4.98 Å². The molecular formula is C18H25F3N2O2. The predicted molar refractivity (Wildman–Crippen MR) is 88.3 cm³/mol. The highest BCUT2D eigenvalue weighted by Gasteiger charge is 2.45. The summed E-state index contributed by atoms with van der Waals surface area (Å²) in [7, 11) is 0. The van der Waals surface area contributed by atoms with Crippen molar-refractivity contribution in [2.24, 2.45) is 11.1 Å². The molecule has 2 N–H and O–H groups in total. The third kappa shape index (κ3) is 4.73. The van der Waals surface area contributed by atoms with Crippen molar-refractivity contribution in [2.45, 2.75) is 59.1 Å². The highest BCUT2D eigenvalue weighted by Crippen LogP contribution is 2.53. The van der Waals surface area contributed by atoms with E-state index in [9.17, 15) is 13.2 Å². The van der Waals surface area contributed by atoms with Crippen LogP contribution >= 0.6 is 0 Å². The summed E-state index contributed by atoms with van der Waals surface area (Å²) in [6.07, 6.45) is -1.13. The molecule has 1 unspecified atom stereocenters. The molecule has 1 atom stereocenters. The molecule has 7 heteroatoms. The maximum atomic E-state index is 12.9. The van der Waals surface area contributed by atoms with Gasteiger partial charge in [0.15, 0.2) is 6.29 Å². The molecule has 1 fully saturated rings. The van der Waals surface area contributed by atoms with Crippen LogP contribution < -0.4 is 5.73 Å². The van der Waals surface area contributed by atoms with Crippen LogP contribution in [0.1, 0.15) is 51.3 Å². The Morgan fingerprint density at radius 1 is 1.40 bits per heavy atom. The zero-order chi connectivity index (χ0) is 18.7. The minimum absolute atomic E-state index is 0.0107. The third-order valence-corrected chi connectivity index (χ3v) is 4.64. The largest absolute Gasteiger partial charge is 0.470 e. The number of pyridine rings is 1. The lowest BCUT2D eigenvalue weighted by atomic mass is 9.92. The SMILES string of the molecule is CC/C(=C(/C)OC(C)OCc1cccnc1C(F)(F)F)C1(CN)CC1. The van der Waals surface area contributed by atoms with Crippen molar-refractivity contribution in [1.29, 1.82) is 0 Å². The van der Waals surface area contributed by atoms with Gasteiger partial charge in [0, 0.05) is 23.7 Å². The van der Waals surface area contributed by atoms with Crippen LogP contribution in [0.25, 0.3) is 0 Å². The van der Waals surface area contributed by atoms with Crippen molar-refractivity contribution in [2.75, 3.05) is 6.54 Å². The second-order valence-electron chi connectivity index (χ2n) is 6.38. The highest BCUT2D eigenvalue weighted by atomic mass is 19.4. The van der Waals surface area contributed by atoms with E-state index in [1.807, 2.05) is 6.92 Å². The summed E-state index contributed by atoms with van der Waals surface area (Å²) < 4.78 is 50.1. The van der Waals surface area contributed by atoms with Gasteiger partial charge in [-0.3, -0.25) is 4.98 Å². The maximum Gasteiger partial charge on any atom is 0.433 e. The molecule has 0 aliphatic heterocycles. The Balaban J connectivity index is 2.01. The first-order chi connectivity index (χ1) is 11.7. The van der Waals surface area contributed by atoms with Crippen LogP contribution in [0, 0.1) is 5.41 Å². The molecule has 0 bridgehead atoms. The summed E-state index contributed by atoms with van der Waals surface area (Å²) in [6, 6.07) is 2.81. The van der Waals surface area contributed by atoms with Crippen LogP contribution in [-0.2, 0) is 22.3 Å². The molecule has 25 heavy (non-hydrogen) atoms. The lowest BCUT2D eigenvalue weighted by Crippen LogP contribution is -2.21. The Hall–Kier alpha value is -1.60. The summed E-state index contributed by atoms with van der Waals surface area (Å²) >= 11 is 0. The predicted octanol–water partition coefficient (Wildman–Crippen LogP) is 4.40. The van der Waals surface area contributed by atoms with E-state index in [4.69, 9.17) is 15.2 Å². The number of rotatable bonds is 8. The summed E-state index contributed by atoms with van der Waals surface area (Å²) in [4.78, 5) is 3.41. The van der Waals surface area contributed by atoms with Crippen molar-refractivity contribution in [3.8, 4) is 0 Å². The number of aromatic nitrogens is 1. The van der Waals surface area contributed by atoms with Gasteiger partial charge in [-0.2, -0.15) is 13.2 Å². The average molecular weight is 358 g/mol. The molecule has 0 aromatic carbocycles. The second kappa shape index (κ2) is 7.74. The maximum absolute atomic E-state index is 12.9. The first-order valence-corrected chi connectivity index (χ1v) is 8.43. The third-order valence-electron chi connectivity index (χ3n) is 4.64. The molecule has 140 valence electrons. The van der Waals surface area contributed by atoms with Gasteiger partial charge in [-0.25, -0.2) is 0 Å². The van der Waals surface area contributed by atoms with Gasteiger partial charge < -0.3 is 15.2 Å². The number of hydrogen-bond donors (Lipinski definition) is 1. The number of nitrogens with two attached hydrogens (primary N) is 1. The molecule has 0 radical (unpaired) electrons. The first kappa shape index (κ1) is 19.7. The quantitative estimate of drug-likeness (QED) is 0.553. The van der Waals surface area contributed by atoms with Gasteiger partial charge in [0.05, 0.1) is 12.4 Å². The number of hydrogen-bond acceptors (Lipinski definition) is 4. The van der Waals surface area contributed by atoms with Crippen LogP contribution in [-0.4, -0.2) is 17.8 Å². The number of allylic oxidation sites excluding steroid dienone is 1. The van der Waals surface area contributed by atoms with Gasteiger partial charge in [0.1, 0.15) is 5.69 Å². The van der Waals surface area contributed by atoms with Crippen molar-refractivity contribution in [3.63, 3.8) is 0 Å². The normalized spacial score (nSPS) is 18.5. The summed E-state index contributed by atoms with van der Waals surface area (Å²) in [6.45, 7) is 5.94. The van der Waals surface area contributed by atoms with Crippen LogP contribution in [0.2, 0.25) is 0 Å². The Morgan fingerprint density at radius 2 is 2.08 bits per heavy atom. The van der Waals surface area contributed by atoms with Crippen molar-refractivity contribution in [3.05, 3.63) is 40.9 Å². The lowest BCUT2D eigenvalue weighted by Gasteiger charge is -2.23. The highest BCUT2D eigenvalue weighted by molar-refractivity contribution is 5.25. The van der Waals surface area contributed by atoms with Crippen molar-refractivity contribution >= 4 is 0 Å². The monoisotopic (exact) mass is 358 g/mol. The van der Waals surface area contributed by atoms with E-state index in [1.54, 1.807) is 6.92 Å². The van der Waals surface area contributed by atoms with E-state index in [0.717, 1.165) is 31.2 Å². The number of nitrogens with zero attached hydrogens (tertiary/aromatic N) is 1. The summed E-state index contributed by atoms with van der Waals surface area (Å²) in [5.41, 5.74) is 6.14.